The molecule has 0 saturated heterocycles. The summed E-state index contributed by atoms with van der Waals surface area (Å²) in [6.45, 7) is 2.51. The molecular formula is C10H15N3O2. The van der Waals surface area contributed by atoms with Gasteiger partial charge in [-0.25, -0.2) is 9.97 Å². The molecule has 0 aliphatic heterocycles. The molecule has 0 aromatic carbocycles. The van der Waals surface area contributed by atoms with Crippen LogP contribution in [0.2, 0.25) is 0 Å². The van der Waals surface area contributed by atoms with E-state index in [1.807, 2.05) is 24.9 Å². The molecule has 0 fully saturated rings. The van der Waals surface area contributed by atoms with Crippen molar-refractivity contribution >= 4 is 11.8 Å². The average molecular weight is 209 g/mol. The Kier molecular flexibility index (Phi) is 4.03. The van der Waals surface area contributed by atoms with Crippen LogP contribution in [0.5, 0.6) is 0 Å². The minimum absolute atomic E-state index is 0.189. The first-order valence-electron chi connectivity index (χ1n) is 4.82. The van der Waals surface area contributed by atoms with Gasteiger partial charge in [-0.2, -0.15) is 0 Å². The molecule has 1 heterocycles. The maximum atomic E-state index is 10.3. The number of carbonyl (C=O) groups is 1. The lowest BCUT2D eigenvalue weighted by molar-refractivity contribution is -0.137. The summed E-state index contributed by atoms with van der Waals surface area (Å²) in [7, 11) is 1.89. The fourth-order valence-electron chi connectivity index (χ4n) is 1.24. The van der Waals surface area contributed by atoms with Crippen LogP contribution in [0.15, 0.2) is 12.3 Å². The highest BCUT2D eigenvalue weighted by atomic mass is 16.4. The number of carboxylic acids is 1. The zero-order chi connectivity index (χ0) is 11.3. The second kappa shape index (κ2) is 5.29. The first-order chi connectivity index (χ1) is 7.09. The average Bonchev–Trinajstić information content (AvgIpc) is 2.17. The quantitative estimate of drug-likeness (QED) is 0.786. The first kappa shape index (κ1) is 11.4. The number of hydrogen-bond donors (Lipinski definition) is 1. The van der Waals surface area contributed by atoms with E-state index < -0.39 is 5.97 Å². The third-order valence-corrected chi connectivity index (χ3v) is 2.04. The predicted molar refractivity (Wildman–Crippen MR) is 56.9 cm³/mol. The summed E-state index contributed by atoms with van der Waals surface area (Å²) in [6.07, 6.45) is 2.51. The Hall–Kier alpha value is -1.65. The highest BCUT2D eigenvalue weighted by molar-refractivity contribution is 5.66. The van der Waals surface area contributed by atoms with E-state index >= 15 is 0 Å². The molecule has 0 unspecified atom stereocenters. The van der Waals surface area contributed by atoms with Gasteiger partial charge in [0.2, 0.25) is 0 Å². The summed E-state index contributed by atoms with van der Waals surface area (Å²) in [6, 6.07) is 1.81. The normalized spacial score (nSPS) is 10.0. The van der Waals surface area contributed by atoms with Gasteiger partial charge in [-0.3, -0.25) is 4.79 Å². The van der Waals surface area contributed by atoms with E-state index in [1.165, 1.54) is 0 Å². The summed E-state index contributed by atoms with van der Waals surface area (Å²) >= 11 is 0. The second-order valence-corrected chi connectivity index (χ2v) is 3.38. The molecule has 0 aliphatic rings. The highest BCUT2D eigenvalue weighted by Gasteiger charge is 2.03. The largest absolute Gasteiger partial charge is 0.481 e. The van der Waals surface area contributed by atoms with Crippen LogP contribution in [-0.2, 0) is 4.79 Å². The molecule has 5 heteroatoms. The third kappa shape index (κ3) is 3.93. The molecule has 5 nitrogen and oxygen atoms in total. The molecule has 15 heavy (non-hydrogen) atoms. The van der Waals surface area contributed by atoms with E-state index in [4.69, 9.17) is 5.11 Å². The van der Waals surface area contributed by atoms with Crippen molar-refractivity contribution in [3.63, 3.8) is 0 Å². The molecule has 1 aromatic rings. The molecule has 0 atom stereocenters. The maximum Gasteiger partial charge on any atom is 0.303 e. The van der Waals surface area contributed by atoms with Crippen molar-refractivity contribution in [3.05, 3.63) is 18.1 Å². The maximum absolute atomic E-state index is 10.3. The number of carboxylic acid groups (broad SMARTS) is 1. The van der Waals surface area contributed by atoms with Gasteiger partial charge in [0, 0.05) is 26.2 Å². The predicted octanol–water partition coefficient (Wildman–Crippen LogP) is 1.09. The number of aryl methyl sites for hydroxylation is 1. The summed E-state index contributed by atoms with van der Waals surface area (Å²) < 4.78 is 0. The fraction of sp³-hybridized carbons (Fsp3) is 0.500. The third-order valence-electron chi connectivity index (χ3n) is 2.04. The summed E-state index contributed by atoms with van der Waals surface area (Å²) in [5, 5.41) is 8.50. The van der Waals surface area contributed by atoms with Gasteiger partial charge in [-0.15, -0.1) is 0 Å². The van der Waals surface area contributed by atoms with Crippen molar-refractivity contribution in [3.8, 4) is 0 Å². The van der Waals surface area contributed by atoms with Crippen LogP contribution in [-0.4, -0.2) is 34.6 Å². The second-order valence-electron chi connectivity index (χ2n) is 3.38. The topological polar surface area (TPSA) is 66.3 Å². The van der Waals surface area contributed by atoms with Crippen molar-refractivity contribution < 1.29 is 9.90 Å². The zero-order valence-electron chi connectivity index (χ0n) is 8.97. The van der Waals surface area contributed by atoms with E-state index in [0.29, 0.717) is 13.0 Å². The molecule has 0 spiro atoms. The van der Waals surface area contributed by atoms with Gasteiger partial charge in [0.15, 0.2) is 0 Å². The first-order valence-corrected chi connectivity index (χ1v) is 4.82. The lowest BCUT2D eigenvalue weighted by Gasteiger charge is -2.17. The van der Waals surface area contributed by atoms with E-state index in [1.54, 1.807) is 6.20 Å². The van der Waals surface area contributed by atoms with Crippen LogP contribution in [0, 0.1) is 6.92 Å². The smallest absolute Gasteiger partial charge is 0.303 e. The van der Waals surface area contributed by atoms with Crippen LogP contribution in [0.4, 0.5) is 5.82 Å². The molecule has 0 aliphatic carbocycles. The Bertz CT molecular complexity index is 341. The van der Waals surface area contributed by atoms with Gasteiger partial charge >= 0.3 is 5.97 Å². The Balaban J connectivity index is 2.46. The zero-order valence-corrected chi connectivity index (χ0v) is 8.97. The van der Waals surface area contributed by atoms with Crippen molar-refractivity contribution in [2.24, 2.45) is 0 Å². The minimum Gasteiger partial charge on any atom is -0.481 e. The number of anilines is 1. The van der Waals surface area contributed by atoms with Crippen molar-refractivity contribution in [1.82, 2.24) is 9.97 Å². The SMILES string of the molecule is Cc1nccc(N(C)CCCC(=O)O)n1. The van der Waals surface area contributed by atoms with Gasteiger partial charge in [0.25, 0.3) is 0 Å². The lowest BCUT2D eigenvalue weighted by Crippen LogP contribution is -2.20. The van der Waals surface area contributed by atoms with E-state index in [-0.39, 0.29) is 6.42 Å². The molecule has 0 amide bonds. The van der Waals surface area contributed by atoms with Gasteiger partial charge < -0.3 is 10.0 Å². The summed E-state index contributed by atoms with van der Waals surface area (Å²) in [4.78, 5) is 20.5. The summed E-state index contributed by atoms with van der Waals surface area (Å²) in [5.74, 6) is 0.785. The van der Waals surface area contributed by atoms with E-state index in [2.05, 4.69) is 9.97 Å². The Morgan fingerprint density at radius 2 is 2.33 bits per heavy atom. The standard InChI is InChI=1S/C10H15N3O2/c1-8-11-6-5-9(12-8)13(2)7-3-4-10(14)15/h5-6H,3-4,7H2,1-2H3,(H,14,15). The molecular weight excluding hydrogens is 194 g/mol. The lowest BCUT2D eigenvalue weighted by atomic mass is 10.3. The van der Waals surface area contributed by atoms with Gasteiger partial charge in [0.1, 0.15) is 11.6 Å². The Labute approximate surface area is 88.8 Å². The number of nitrogens with zero attached hydrogens (tertiary/aromatic N) is 3. The van der Waals surface area contributed by atoms with Crippen molar-refractivity contribution in [1.29, 1.82) is 0 Å². The molecule has 0 bridgehead atoms. The van der Waals surface area contributed by atoms with E-state index in [9.17, 15) is 4.79 Å². The Morgan fingerprint density at radius 1 is 1.60 bits per heavy atom. The molecule has 0 radical (unpaired) electrons. The van der Waals surface area contributed by atoms with Crippen LogP contribution in [0.25, 0.3) is 0 Å². The molecule has 1 rings (SSSR count). The molecule has 1 N–H and O–H groups in total. The highest BCUT2D eigenvalue weighted by Crippen LogP contribution is 2.08. The number of aliphatic carboxylic acids is 1. The minimum atomic E-state index is -0.762. The Morgan fingerprint density at radius 3 is 2.93 bits per heavy atom. The van der Waals surface area contributed by atoms with Crippen LogP contribution >= 0.6 is 0 Å². The number of rotatable bonds is 5. The van der Waals surface area contributed by atoms with Crippen LogP contribution in [0.3, 0.4) is 0 Å². The fourth-order valence-corrected chi connectivity index (χ4v) is 1.24. The molecule has 82 valence electrons. The van der Waals surface area contributed by atoms with Crippen LogP contribution in [0.1, 0.15) is 18.7 Å². The monoisotopic (exact) mass is 209 g/mol. The van der Waals surface area contributed by atoms with Crippen molar-refractivity contribution in [2.45, 2.75) is 19.8 Å². The number of aromatic nitrogens is 2. The van der Waals surface area contributed by atoms with Gasteiger partial charge in [-0.1, -0.05) is 0 Å². The molecule has 1 aromatic heterocycles. The van der Waals surface area contributed by atoms with Gasteiger partial charge in [-0.05, 0) is 19.4 Å². The van der Waals surface area contributed by atoms with Gasteiger partial charge in [0.05, 0.1) is 0 Å². The molecule has 0 saturated carbocycles. The number of hydrogen-bond acceptors (Lipinski definition) is 4. The van der Waals surface area contributed by atoms with Crippen molar-refractivity contribution in [2.75, 3.05) is 18.5 Å². The summed E-state index contributed by atoms with van der Waals surface area (Å²) in [5.41, 5.74) is 0. The van der Waals surface area contributed by atoms with Crippen LogP contribution < -0.4 is 4.90 Å². The van der Waals surface area contributed by atoms with E-state index in [0.717, 1.165) is 11.6 Å².